The highest BCUT2D eigenvalue weighted by Crippen LogP contribution is 2.22. The quantitative estimate of drug-likeness (QED) is 0.560. The molecule has 4 aromatic rings. The minimum atomic E-state index is -0.431. The fourth-order valence-corrected chi connectivity index (χ4v) is 3.07. The molecule has 0 saturated carbocycles. The highest BCUT2D eigenvalue weighted by Gasteiger charge is 2.10. The number of carbonyl (C=O) groups is 1. The maximum atomic E-state index is 12.4. The SMILES string of the molecule is COc1ccccc1CC(=O)Nc1ccc(-c2nc3ccccc3c(=O)o2)cc1. The third-order valence-corrected chi connectivity index (χ3v) is 4.49. The van der Waals surface area contributed by atoms with E-state index in [0.29, 0.717) is 27.9 Å². The van der Waals surface area contributed by atoms with Gasteiger partial charge in [0, 0.05) is 16.8 Å². The lowest BCUT2D eigenvalue weighted by Crippen LogP contribution is -2.14. The topological polar surface area (TPSA) is 81.4 Å². The summed E-state index contributed by atoms with van der Waals surface area (Å²) >= 11 is 0. The molecule has 6 heteroatoms. The van der Waals surface area contributed by atoms with Crippen LogP contribution in [0.2, 0.25) is 0 Å². The van der Waals surface area contributed by atoms with Crippen molar-refractivity contribution in [3.05, 3.63) is 88.8 Å². The van der Waals surface area contributed by atoms with Crippen molar-refractivity contribution >= 4 is 22.5 Å². The monoisotopic (exact) mass is 386 g/mol. The minimum Gasteiger partial charge on any atom is -0.496 e. The second-order valence-electron chi connectivity index (χ2n) is 6.44. The van der Waals surface area contributed by atoms with Crippen LogP contribution in [0.4, 0.5) is 5.69 Å². The highest BCUT2D eigenvalue weighted by atomic mass is 16.5. The fraction of sp³-hybridized carbons (Fsp3) is 0.0870. The Morgan fingerprint density at radius 2 is 1.72 bits per heavy atom. The molecule has 1 amide bonds. The molecule has 0 fully saturated rings. The lowest BCUT2D eigenvalue weighted by Gasteiger charge is -2.09. The maximum absolute atomic E-state index is 12.4. The number of para-hydroxylation sites is 2. The van der Waals surface area contributed by atoms with Gasteiger partial charge in [-0.05, 0) is 42.5 Å². The Bertz CT molecular complexity index is 1230. The Morgan fingerprint density at radius 1 is 1.00 bits per heavy atom. The van der Waals surface area contributed by atoms with Crippen LogP contribution in [0.1, 0.15) is 5.56 Å². The summed E-state index contributed by atoms with van der Waals surface area (Å²) in [6.45, 7) is 0. The summed E-state index contributed by atoms with van der Waals surface area (Å²) in [6, 6.07) is 21.4. The van der Waals surface area contributed by atoms with Crippen LogP contribution < -0.4 is 15.7 Å². The summed E-state index contributed by atoms with van der Waals surface area (Å²) in [7, 11) is 1.58. The fourth-order valence-electron chi connectivity index (χ4n) is 3.07. The molecule has 0 aliphatic carbocycles. The molecule has 0 aliphatic heterocycles. The Morgan fingerprint density at radius 3 is 2.52 bits per heavy atom. The first-order chi connectivity index (χ1) is 14.1. The van der Waals surface area contributed by atoms with E-state index in [9.17, 15) is 9.59 Å². The summed E-state index contributed by atoms with van der Waals surface area (Å²) in [5.41, 5.74) is 2.24. The van der Waals surface area contributed by atoms with Crippen LogP contribution in [0.5, 0.6) is 5.75 Å². The zero-order chi connectivity index (χ0) is 20.2. The van der Waals surface area contributed by atoms with Gasteiger partial charge >= 0.3 is 5.63 Å². The molecule has 0 unspecified atom stereocenters. The standard InChI is InChI=1S/C23H18N2O4/c1-28-20-9-5-2-6-16(20)14-21(26)24-17-12-10-15(11-13-17)22-25-19-8-4-3-7-18(19)23(27)29-22/h2-13H,14H2,1H3,(H,24,26). The lowest BCUT2D eigenvalue weighted by atomic mass is 10.1. The number of nitrogens with zero attached hydrogens (tertiary/aromatic N) is 1. The molecule has 0 bridgehead atoms. The molecule has 29 heavy (non-hydrogen) atoms. The van der Waals surface area contributed by atoms with Gasteiger partial charge in [0.15, 0.2) is 0 Å². The van der Waals surface area contributed by atoms with Gasteiger partial charge in [-0.3, -0.25) is 4.79 Å². The van der Waals surface area contributed by atoms with Crippen molar-refractivity contribution in [1.29, 1.82) is 0 Å². The van der Waals surface area contributed by atoms with Gasteiger partial charge in [0.1, 0.15) is 5.75 Å². The molecule has 0 saturated heterocycles. The van der Waals surface area contributed by atoms with Gasteiger partial charge in [-0.2, -0.15) is 0 Å². The number of benzene rings is 3. The average molecular weight is 386 g/mol. The van der Waals surface area contributed by atoms with Crippen molar-refractivity contribution in [3.63, 3.8) is 0 Å². The summed E-state index contributed by atoms with van der Waals surface area (Å²) in [4.78, 5) is 28.9. The van der Waals surface area contributed by atoms with Gasteiger partial charge in [-0.25, -0.2) is 9.78 Å². The van der Waals surface area contributed by atoms with E-state index in [4.69, 9.17) is 9.15 Å². The molecule has 0 spiro atoms. The third kappa shape index (κ3) is 4.01. The Labute approximate surface area is 166 Å². The van der Waals surface area contributed by atoms with Crippen LogP contribution in [0.3, 0.4) is 0 Å². The molecule has 1 N–H and O–H groups in total. The summed E-state index contributed by atoms with van der Waals surface area (Å²) < 4.78 is 10.6. The van der Waals surface area contributed by atoms with E-state index in [1.54, 1.807) is 49.6 Å². The molecule has 6 nitrogen and oxygen atoms in total. The third-order valence-electron chi connectivity index (χ3n) is 4.49. The second kappa shape index (κ2) is 7.98. The highest BCUT2D eigenvalue weighted by molar-refractivity contribution is 5.92. The second-order valence-corrected chi connectivity index (χ2v) is 6.44. The molecule has 1 heterocycles. The van der Waals surface area contributed by atoms with Gasteiger partial charge in [0.25, 0.3) is 0 Å². The van der Waals surface area contributed by atoms with E-state index >= 15 is 0 Å². The lowest BCUT2D eigenvalue weighted by molar-refractivity contribution is -0.115. The van der Waals surface area contributed by atoms with E-state index in [1.807, 2.05) is 30.3 Å². The first-order valence-corrected chi connectivity index (χ1v) is 9.06. The van der Waals surface area contributed by atoms with Crippen LogP contribution in [0.25, 0.3) is 22.4 Å². The number of aromatic nitrogens is 1. The number of hydrogen-bond donors (Lipinski definition) is 1. The van der Waals surface area contributed by atoms with E-state index in [1.165, 1.54) is 0 Å². The molecule has 0 atom stereocenters. The normalized spacial score (nSPS) is 10.7. The van der Waals surface area contributed by atoms with E-state index in [-0.39, 0.29) is 18.2 Å². The predicted octanol–water partition coefficient (Wildman–Crippen LogP) is 4.04. The molecular weight excluding hydrogens is 368 g/mol. The first-order valence-electron chi connectivity index (χ1n) is 9.06. The van der Waals surface area contributed by atoms with Crippen LogP contribution in [-0.2, 0) is 11.2 Å². The molecule has 4 rings (SSSR count). The molecule has 3 aromatic carbocycles. The van der Waals surface area contributed by atoms with Gasteiger partial charge in [0.05, 0.1) is 24.4 Å². The number of methoxy groups -OCH3 is 1. The van der Waals surface area contributed by atoms with Gasteiger partial charge < -0.3 is 14.5 Å². The van der Waals surface area contributed by atoms with E-state index in [2.05, 4.69) is 10.3 Å². The van der Waals surface area contributed by atoms with E-state index in [0.717, 1.165) is 5.56 Å². The number of carbonyl (C=O) groups excluding carboxylic acids is 1. The summed E-state index contributed by atoms with van der Waals surface area (Å²) in [5.74, 6) is 0.758. The van der Waals surface area contributed by atoms with Gasteiger partial charge in [0.2, 0.25) is 11.8 Å². The number of amides is 1. The Balaban J connectivity index is 1.51. The molecule has 1 aromatic heterocycles. The molecule has 144 valence electrons. The zero-order valence-corrected chi connectivity index (χ0v) is 15.7. The number of anilines is 1. The van der Waals surface area contributed by atoms with Crippen molar-refractivity contribution in [2.24, 2.45) is 0 Å². The van der Waals surface area contributed by atoms with Crippen LogP contribution in [0.15, 0.2) is 82.0 Å². The van der Waals surface area contributed by atoms with Crippen LogP contribution in [0, 0.1) is 0 Å². The van der Waals surface area contributed by atoms with Crippen LogP contribution in [-0.4, -0.2) is 18.0 Å². The predicted molar refractivity (Wildman–Crippen MR) is 111 cm³/mol. The van der Waals surface area contributed by atoms with Gasteiger partial charge in [-0.1, -0.05) is 30.3 Å². The summed E-state index contributed by atoms with van der Waals surface area (Å²) in [6.07, 6.45) is 0.201. The van der Waals surface area contributed by atoms with Crippen molar-refractivity contribution < 1.29 is 13.9 Å². The van der Waals surface area contributed by atoms with Crippen molar-refractivity contribution in [3.8, 4) is 17.2 Å². The average Bonchev–Trinajstić information content (AvgIpc) is 2.74. The molecule has 0 aliphatic rings. The number of nitrogens with one attached hydrogen (secondary N) is 1. The number of rotatable bonds is 5. The maximum Gasteiger partial charge on any atom is 0.347 e. The van der Waals surface area contributed by atoms with Crippen molar-refractivity contribution in [2.75, 3.05) is 12.4 Å². The molecule has 0 radical (unpaired) electrons. The summed E-state index contributed by atoms with van der Waals surface area (Å²) in [5, 5.41) is 3.30. The molecular formula is C23H18N2O4. The first kappa shape index (κ1) is 18.4. The van der Waals surface area contributed by atoms with E-state index < -0.39 is 5.63 Å². The van der Waals surface area contributed by atoms with Gasteiger partial charge in [-0.15, -0.1) is 0 Å². The number of hydrogen-bond acceptors (Lipinski definition) is 5. The van der Waals surface area contributed by atoms with Crippen molar-refractivity contribution in [1.82, 2.24) is 4.98 Å². The smallest absolute Gasteiger partial charge is 0.347 e. The zero-order valence-electron chi connectivity index (χ0n) is 15.7. The van der Waals surface area contributed by atoms with Crippen molar-refractivity contribution in [2.45, 2.75) is 6.42 Å². The Kier molecular flexibility index (Phi) is 5.07. The Hall–Kier alpha value is -3.93. The number of fused-ring (bicyclic) bond motifs is 1. The minimum absolute atomic E-state index is 0.155. The number of ether oxygens (including phenoxy) is 1. The van der Waals surface area contributed by atoms with Crippen LogP contribution >= 0.6 is 0 Å². The largest absolute Gasteiger partial charge is 0.496 e.